The van der Waals surface area contributed by atoms with Gasteiger partial charge in [0.15, 0.2) is 0 Å². The first-order chi connectivity index (χ1) is 10.0. The molecule has 2 fully saturated rings. The number of nitrogens with two attached hydrogens (primary N) is 1. The average molecular weight is 311 g/mol. The van der Waals surface area contributed by atoms with Gasteiger partial charge in [0, 0.05) is 0 Å². The van der Waals surface area contributed by atoms with Crippen molar-refractivity contribution in [3.8, 4) is 0 Å². The summed E-state index contributed by atoms with van der Waals surface area (Å²) in [4.78, 5) is 22.3. The molecule has 2 aromatic rings. The Morgan fingerprint density at radius 1 is 1.38 bits per heavy atom. The third-order valence-corrected chi connectivity index (χ3v) is 5.21. The minimum absolute atomic E-state index is 0.179. The van der Waals surface area contributed by atoms with Crippen molar-refractivity contribution in [3.05, 3.63) is 12.7 Å². The molecule has 0 aromatic carbocycles. The van der Waals surface area contributed by atoms with Gasteiger partial charge in [-0.05, 0) is 0 Å². The van der Waals surface area contributed by atoms with E-state index in [0.29, 0.717) is 30.0 Å². The number of imidazole rings is 1. The van der Waals surface area contributed by atoms with Crippen molar-refractivity contribution in [3.63, 3.8) is 0 Å². The summed E-state index contributed by atoms with van der Waals surface area (Å²) >= 11 is 0. The van der Waals surface area contributed by atoms with E-state index in [0.717, 1.165) is 0 Å². The first-order valence-electron chi connectivity index (χ1n) is 6.66. The van der Waals surface area contributed by atoms with Crippen molar-refractivity contribution in [2.45, 2.75) is 24.9 Å². The summed E-state index contributed by atoms with van der Waals surface area (Å²) in [5, 5.41) is 0. The fourth-order valence-electron chi connectivity index (χ4n) is 2.78. The van der Waals surface area contributed by atoms with E-state index in [1.165, 1.54) is 6.33 Å². The number of aromatic nitrogens is 4. The summed E-state index contributed by atoms with van der Waals surface area (Å²) in [5.41, 5.74) is 6.95. The van der Waals surface area contributed by atoms with Gasteiger partial charge >= 0.3 is 120 Å². The molecular weight excluding hydrogens is 296 g/mol. The summed E-state index contributed by atoms with van der Waals surface area (Å²) in [6.45, 7) is 0.337. The van der Waals surface area contributed by atoms with Gasteiger partial charge in [-0.3, -0.25) is 0 Å². The molecule has 0 spiro atoms. The van der Waals surface area contributed by atoms with Crippen LogP contribution < -0.4 is 5.73 Å². The van der Waals surface area contributed by atoms with Crippen molar-refractivity contribution in [2.24, 2.45) is 0 Å². The topological polar surface area (TPSA) is 118 Å². The van der Waals surface area contributed by atoms with Crippen molar-refractivity contribution in [1.82, 2.24) is 19.5 Å². The molecule has 0 radical (unpaired) electrons. The summed E-state index contributed by atoms with van der Waals surface area (Å²) in [6.07, 6.45) is 2.99. The molecule has 0 aliphatic carbocycles. The summed E-state index contributed by atoms with van der Waals surface area (Å²) in [5.74, 6) is 0.337. The van der Waals surface area contributed by atoms with E-state index in [9.17, 15) is 4.89 Å². The Labute approximate surface area is 121 Å². The van der Waals surface area contributed by atoms with Crippen LogP contribution in [0.5, 0.6) is 0 Å². The van der Waals surface area contributed by atoms with Crippen molar-refractivity contribution < 1.29 is 18.7 Å². The number of anilines is 1. The van der Waals surface area contributed by atoms with Crippen LogP contribution in [0.1, 0.15) is 12.6 Å². The first kappa shape index (κ1) is 13.4. The molecule has 11 heteroatoms. The molecule has 112 valence electrons. The molecule has 4 rings (SSSR count). The second-order valence-electron chi connectivity index (χ2n) is 5.31. The molecule has 3 N–H and O–H groups in total. The normalized spacial score (nSPS) is 32.9. The van der Waals surface area contributed by atoms with Gasteiger partial charge in [-0.25, -0.2) is 0 Å². The zero-order valence-electron chi connectivity index (χ0n) is 11.3. The predicted molar refractivity (Wildman–Crippen MR) is 78.2 cm³/mol. The fraction of sp³-hybridized carbons (Fsp3) is 0.500. The molecule has 0 amide bonds. The zero-order valence-corrected chi connectivity index (χ0v) is 12.3. The SMILES string of the molecule is B[PH]1(O)OC[C@H]2O[C@@H](n3cnc4c(N)ncnc43)C[C@@H]2O1. The van der Waals surface area contributed by atoms with E-state index in [4.69, 9.17) is 19.5 Å². The van der Waals surface area contributed by atoms with Crippen molar-refractivity contribution in [2.75, 3.05) is 12.3 Å². The standard InChI is InChI=1S/C10H15BN5O4P/c11-21(17)18-2-6-5(20-21)1-7(19-6)16-4-15-8-9(12)13-3-14-10(8)16/h3-7,17,21H,1-2,11H2,(H2,12,13,14)/t5-,6+,7+/m0/s1. The van der Waals surface area contributed by atoms with Crippen LogP contribution in [0.2, 0.25) is 0 Å². The van der Waals surface area contributed by atoms with E-state index in [-0.39, 0.29) is 18.4 Å². The summed E-state index contributed by atoms with van der Waals surface area (Å²) in [6, 6.07) is 0. The Morgan fingerprint density at radius 3 is 3.10 bits per heavy atom. The van der Waals surface area contributed by atoms with Gasteiger partial charge in [0.1, 0.15) is 0 Å². The van der Waals surface area contributed by atoms with Crippen LogP contribution in [0.15, 0.2) is 12.7 Å². The van der Waals surface area contributed by atoms with Crippen LogP contribution in [-0.4, -0.2) is 50.8 Å². The third-order valence-electron chi connectivity index (χ3n) is 3.76. The van der Waals surface area contributed by atoms with E-state index >= 15 is 0 Å². The Morgan fingerprint density at radius 2 is 2.24 bits per heavy atom. The van der Waals surface area contributed by atoms with E-state index < -0.39 is 7.82 Å². The molecule has 2 aromatic heterocycles. The third kappa shape index (κ3) is 2.19. The second kappa shape index (κ2) is 4.59. The number of nitrogens with zero attached hydrogens (tertiary/aromatic N) is 4. The van der Waals surface area contributed by atoms with Gasteiger partial charge in [0.25, 0.3) is 0 Å². The Kier molecular flexibility index (Phi) is 2.92. The number of nitrogen functional groups attached to an aromatic ring is 1. The average Bonchev–Trinajstić information content (AvgIpc) is 3.01. The summed E-state index contributed by atoms with van der Waals surface area (Å²) in [7, 11) is -1.40. The van der Waals surface area contributed by atoms with E-state index in [1.54, 1.807) is 13.9 Å². The van der Waals surface area contributed by atoms with Crippen LogP contribution in [-0.2, 0) is 13.8 Å². The van der Waals surface area contributed by atoms with Gasteiger partial charge in [0.2, 0.25) is 0 Å². The predicted octanol–water partition coefficient (Wildman–Crippen LogP) is -0.853. The van der Waals surface area contributed by atoms with Crippen molar-refractivity contribution in [1.29, 1.82) is 0 Å². The van der Waals surface area contributed by atoms with Crippen LogP contribution in [0.25, 0.3) is 11.2 Å². The minimum atomic E-state index is -3.00. The maximum atomic E-state index is 9.93. The van der Waals surface area contributed by atoms with Gasteiger partial charge in [-0.2, -0.15) is 0 Å². The van der Waals surface area contributed by atoms with Crippen LogP contribution in [0, 0.1) is 0 Å². The van der Waals surface area contributed by atoms with Gasteiger partial charge in [-0.15, -0.1) is 0 Å². The molecule has 0 unspecified atom stereocenters. The molecule has 4 heterocycles. The van der Waals surface area contributed by atoms with Gasteiger partial charge in [-0.1, -0.05) is 0 Å². The Balaban J connectivity index is 1.64. The van der Waals surface area contributed by atoms with E-state index in [1.807, 2.05) is 4.57 Å². The number of ether oxygens (including phenoxy) is 1. The van der Waals surface area contributed by atoms with E-state index in [2.05, 4.69) is 15.0 Å². The molecule has 21 heavy (non-hydrogen) atoms. The zero-order chi connectivity index (χ0) is 14.6. The number of hydrogen-bond donors (Lipinski definition) is 2. The Hall–Kier alpha value is -1.32. The quantitative estimate of drug-likeness (QED) is 0.516. The number of fused-ring (bicyclic) bond motifs is 2. The van der Waals surface area contributed by atoms with Gasteiger partial charge in [0.05, 0.1) is 0 Å². The first-order valence-corrected chi connectivity index (χ1v) is 8.92. The molecule has 2 aliphatic heterocycles. The molecule has 0 bridgehead atoms. The molecule has 9 nitrogen and oxygen atoms in total. The maximum absolute atomic E-state index is 9.93. The number of hydrogen-bond acceptors (Lipinski definition) is 8. The molecular formula is C10H15BN5O4P. The molecule has 2 aliphatic rings. The monoisotopic (exact) mass is 311 g/mol. The van der Waals surface area contributed by atoms with Crippen molar-refractivity contribution >= 4 is 32.4 Å². The van der Waals surface area contributed by atoms with Crippen LogP contribution in [0.4, 0.5) is 5.82 Å². The van der Waals surface area contributed by atoms with Gasteiger partial charge < -0.3 is 0 Å². The summed E-state index contributed by atoms with van der Waals surface area (Å²) < 4.78 is 18.7. The fourth-order valence-corrected chi connectivity index (χ4v) is 4.13. The second-order valence-corrected chi connectivity index (χ2v) is 7.63. The molecule has 2 saturated heterocycles. The number of rotatable bonds is 1. The molecule has 3 atom stereocenters. The van der Waals surface area contributed by atoms with Crippen LogP contribution >= 0.6 is 7.82 Å². The molecule has 0 saturated carbocycles. The Bertz CT molecular complexity index is 697. The van der Waals surface area contributed by atoms with Crippen LogP contribution in [0.3, 0.4) is 0 Å².